The molecule has 0 fully saturated rings. The summed E-state index contributed by atoms with van der Waals surface area (Å²) in [4.78, 5) is 13.3. The van der Waals surface area contributed by atoms with Crippen molar-refractivity contribution in [1.29, 1.82) is 0 Å². The summed E-state index contributed by atoms with van der Waals surface area (Å²) in [5, 5.41) is 9.75. The van der Waals surface area contributed by atoms with Crippen molar-refractivity contribution in [2.75, 3.05) is 18.6 Å². The second-order valence-corrected chi connectivity index (χ2v) is 9.22. The molecule has 1 aliphatic heterocycles. The van der Waals surface area contributed by atoms with E-state index in [1.165, 1.54) is 16.7 Å². The van der Waals surface area contributed by atoms with Gasteiger partial charge < -0.3 is 14.7 Å². The van der Waals surface area contributed by atoms with Crippen molar-refractivity contribution in [3.8, 4) is 5.75 Å². The molecule has 3 aromatic rings. The van der Waals surface area contributed by atoms with Crippen LogP contribution in [0.15, 0.2) is 66.7 Å². The summed E-state index contributed by atoms with van der Waals surface area (Å²) in [5.74, 6) is -0.101. The maximum atomic E-state index is 10.9. The second-order valence-electron chi connectivity index (χ2n) is 8.82. The number of rotatable bonds is 7. The van der Waals surface area contributed by atoms with Crippen LogP contribution in [0, 0.1) is 0 Å². The Hall–Kier alpha value is -3.24. The molecule has 0 spiro atoms. The Morgan fingerprint density at radius 2 is 1.91 bits per heavy atom. The van der Waals surface area contributed by atoms with Crippen LogP contribution >= 0.6 is 11.6 Å². The average molecular weight is 476 g/mol. The van der Waals surface area contributed by atoms with Crippen LogP contribution in [0.5, 0.6) is 5.75 Å². The minimum atomic E-state index is -0.958. The van der Waals surface area contributed by atoms with Crippen LogP contribution in [-0.2, 0) is 23.2 Å². The number of halogens is 1. The summed E-state index contributed by atoms with van der Waals surface area (Å²) in [6.07, 6.45) is 5.68. The van der Waals surface area contributed by atoms with E-state index < -0.39 is 11.5 Å². The third-order valence-corrected chi connectivity index (χ3v) is 7.09. The van der Waals surface area contributed by atoms with Crippen molar-refractivity contribution in [2.45, 2.75) is 38.6 Å². The lowest BCUT2D eigenvalue weighted by molar-refractivity contribution is -0.131. The number of carboxylic acids is 1. The summed E-state index contributed by atoms with van der Waals surface area (Å²) >= 11 is 6.69. The highest BCUT2D eigenvalue weighted by molar-refractivity contribution is 6.31. The average Bonchev–Trinajstić information content (AvgIpc) is 2.84. The van der Waals surface area contributed by atoms with Gasteiger partial charge in [0.05, 0.1) is 12.6 Å². The standard InChI is InChI=1S/C29H30ClNO3/c1-4-5-21-9-12-24(19-27(21)30)31-17-16-22-18-25(34-3)13-14-26(22)29(31,2)23-10-6-20(7-11-23)8-15-28(32)33/h6-15,18-19H,4-5,16-17H2,1-3H3,(H,32,33). The minimum Gasteiger partial charge on any atom is -0.497 e. The molecule has 0 saturated heterocycles. The van der Waals surface area contributed by atoms with Crippen LogP contribution in [0.1, 0.15) is 48.1 Å². The van der Waals surface area contributed by atoms with E-state index in [9.17, 15) is 4.79 Å². The normalized spacial score (nSPS) is 17.6. The van der Waals surface area contributed by atoms with Gasteiger partial charge in [-0.05, 0) is 77.9 Å². The van der Waals surface area contributed by atoms with Gasteiger partial charge in [0.1, 0.15) is 5.75 Å². The number of nitrogens with zero attached hydrogens (tertiary/aromatic N) is 1. The van der Waals surface area contributed by atoms with Crippen LogP contribution in [0.2, 0.25) is 5.02 Å². The van der Waals surface area contributed by atoms with Crippen LogP contribution < -0.4 is 9.64 Å². The Balaban J connectivity index is 1.83. The molecule has 0 radical (unpaired) electrons. The number of hydrogen-bond donors (Lipinski definition) is 1. The summed E-state index contributed by atoms with van der Waals surface area (Å²) in [6, 6.07) is 20.8. The molecule has 5 heteroatoms. The highest BCUT2D eigenvalue weighted by Gasteiger charge is 2.40. The van der Waals surface area contributed by atoms with E-state index in [0.717, 1.165) is 59.5 Å². The summed E-state index contributed by atoms with van der Waals surface area (Å²) < 4.78 is 5.49. The first-order valence-corrected chi connectivity index (χ1v) is 12.0. The Bertz CT molecular complexity index is 1220. The number of aryl methyl sites for hydroxylation is 1. The Morgan fingerprint density at radius 1 is 1.15 bits per heavy atom. The van der Waals surface area contributed by atoms with E-state index in [4.69, 9.17) is 21.4 Å². The molecule has 176 valence electrons. The molecule has 1 unspecified atom stereocenters. The molecule has 3 aromatic carbocycles. The van der Waals surface area contributed by atoms with Gasteiger partial charge in [0.15, 0.2) is 0 Å². The summed E-state index contributed by atoms with van der Waals surface area (Å²) in [6.45, 7) is 5.24. The number of hydrogen-bond acceptors (Lipinski definition) is 3. The first-order chi connectivity index (χ1) is 16.4. The van der Waals surface area contributed by atoms with Crippen molar-refractivity contribution in [3.05, 3.63) is 99.6 Å². The Morgan fingerprint density at radius 3 is 2.56 bits per heavy atom. The number of anilines is 1. The lowest BCUT2D eigenvalue weighted by Crippen LogP contribution is -2.49. The number of methoxy groups -OCH3 is 1. The third kappa shape index (κ3) is 4.55. The molecule has 1 aliphatic rings. The molecule has 0 aliphatic carbocycles. The molecule has 4 rings (SSSR count). The van der Waals surface area contributed by atoms with Gasteiger partial charge in [-0.2, -0.15) is 0 Å². The van der Waals surface area contributed by atoms with Crippen LogP contribution in [0.4, 0.5) is 5.69 Å². The van der Waals surface area contributed by atoms with E-state index in [0.29, 0.717) is 0 Å². The van der Waals surface area contributed by atoms with Gasteiger partial charge in [-0.3, -0.25) is 0 Å². The summed E-state index contributed by atoms with van der Waals surface area (Å²) in [5.41, 5.74) is 6.28. The number of ether oxygens (including phenoxy) is 1. The zero-order valence-electron chi connectivity index (χ0n) is 19.8. The predicted octanol–water partition coefficient (Wildman–Crippen LogP) is 6.73. The molecule has 0 aromatic heterocycles. The van der Waals surface area contributed by atoms with E-state index in [1.807, 2.05) is 18.2 Å². The molecule has 34 heavy (non-hydrogen) atoms. The fourth-order valence-electron chi connectivity index (χ4n) is 4.94. The van der Waals surface area contributed by atoms with E-state index in [1.54, 1.807) is 13.2 Å². The molecule has 1 atom stereocenters. The smallest absolute Gasteiger partial charge is 0.328 e. The van der Waals surface area contributed by atoms with E-state index in [-0.39, 0.29) is 0 Å². The van der Waals surface area contributed by atoms with Gasteiger partial charge in [0.2, 0.25) is 0 Å². The Kier molecular flexibility index (Phi) is 6.99. The number of aliphatic carboxylic acids is 1. The molecule has 0 saturated carbocycles. The quantitative estimate of drug-likeness (QED) is 0.385. The van der Waals surface area contributed by atoms with Crippen molar-refractivity contribution in [1.82, 2.24) is 0 Å². The van der Waals surface area contributed by atoms with Crippen molar-refractivity contribution in [3.63, 3.8) is 0 Å². The fraction of sp³-hybridized carbons (Fsp3) is 0.276. The lowest BCUT2D eigenvalue weighted by Gasteiger charge is -2.48. The van der Waals surface area contributed by atoms with Gasteiger partial charge in [0.25, 0.3) is 0 Å². The van der Waals surface area contributed by atoms with Gasteiger partial charge in [-0.25, -0.2) is 4.79 Å². The SMILES string of the molecule is CCCc1ccc(N2CCc3cc(OC)ccc3C2(C)c2ccc(C=CC(=O)O)cc2)cc1Cl. The number of benzene rings is 3. The monoisotopic (exact) mass is 475 g/mol. The second kappa shape index (κ2) is 9.94. The molecule has 1 heterocycles. The summed E-state index contributed by atoms with van der Waals surface area (Å²) in [7, 11) is 1.69. The molecule has 4 nitrogen and oxygen atoms in total. The maximum Gasteiger partial charge on any atom is 0.328 e. The van der Waals surface area contributed by atoms with Crippen LogP contribution in [0.3, 0.4) is 0 Å². The van der Waals surface area contributed by atoms with E-state index >= 15 is 0 Å². The van der Waals surface area contributed by atoms with Gasteiger partial charge in [-0.15, -0.1) is 0 Å². The zero-order chi connectivity index (χ0) is 24.3. The third-order valence-electron chi connectivity index (χ3n) is 6.74. The van der Waals surface area contributed by atoms with Gasteiger partial charge >= 0.3 is 5.97 Å². The zero-order valence-corrected chi connectivity index (χ0v) is 20.6. The van der Waals surface area contributed by atoms with Crippen LogP contribution in [0.25, 0.3) is 6.08 Å². The first kappa shape index (κ1) is 23.9. The largest absolute Gasteiger partial charge is 0.497 e. The molecular weight excluding hydrogens is 446 g/mol. The molecule has 0 bridgehead atoms. The Labute approximate surface area is 206 Å². The molecule has 1 N–H and O–H groups in total. The van der Waals surface area contributed by atoms with Gasteiger partial charge in [-0.1, -0.05) is 61.3 Å². The first-order valence-electron chi connectivity index (χ1n) is 11.6. The lowest BCUT2D eigenvalue weighted by atomic mass is 9.76. The van der Waals surface area contributed by atoms with Crippen molar-refractivity contribution >= 4 is 29.3 Å². The van der Waals surface area contributed by atoms with Crippen molar-refractivity contribution < 1.29 is 14.6 Å². The highest BCUT2D eigenvalue weighted by Crippen LogP contribution is 2.45. The molecular formula is C29H30ClNO3. The van der Waals surface area contributed by atoms with E-state index in [2.05, 4.69) is 61.2 Å². The van der Waals surface area contributed by atoms with Gasteiger partial charge in [0, 0.05) is 23.3 Å². The predicted molar refractivity (Wildman–Crippen MR) is 139 cm³/mol. The van der Waals surface area contributed by atoms with Crippen molar-refractivity contribution in [2.24, 2.45) is 0 Å². The minimum absolute atomic E-state index is 0.440. The fourth-order valence-corrected chi connectivity index (χ4v) is 5.21. The number of carboxylic acid groups (broad SMARTS) is 1. The van der Waals surface area contributed by atoms with Crippen LogP contribution in [-0.4, -0.2) is 24.7 Å². The number of fused-ring (bicyclic) bond motifs is 1. The maximum absolute atomic E-state index is 10.9. The molecule has 0 amide bonds. The topological polar surface area (TPSA) is 49.8 Å². The highest BCUT2D eigenvalue weighted by atomic mass is 35.5. The number of carbonyl (C=O) groups is 1.